The number of hydrogen-bond donors (Lipinski definition) is 2. The summed E-state index contributed by atoms with van der Waals surface area (Å²) in [5, 5.41) is 6.38. The van der Waals surface area contributed by atoms with Gasteiger partial charge in [0.2, 0.25) is 5.91 Å². The highest BCUT2D eigenvalue weighted by Crippen LogP contribution is 2.29. The normalized spacial score (nSPS) is 12.6. The van der Waals surface area contributed by atoms with E-state index < -0.39 is 0 Å². The summed E-state index contributed by atoms with van der Waals surface area (Å²) in [5.74, 6) is -0.136. The van der Waals surface area contributed by atoms with Gasteiger partial charge in [-0.25, -0.2) is 0 Å². The molecule has 1 atom stereocenters. The number of aromatic nitrogens is 2. The summed E-state index contributed by atoms with van der Waals surface area (Å²) < 4.78 is 8.28. The van der Waals surface area contributed by atoms with Crippen LogP contribution in [-0.4, -0.2) is 27.2 Å². The van der Waals surface area contributed by atoms with Crippen LogP contribution in [0.3, 0.4) is 0 Å². The number of rotatable bonds is 5. The van der Waals surface area contributed by atoms with Crippen LogP contribution >= 0.6 is 23.3 Å². The van der Waals surface area contributed by atoms with Crippen LogP contribution in [0.2, 0.25) is 5.02 Å². The van der Waals surface area contributed by atoms with Gasteiger partial charge in [0.05, 0.1) is 29.0 Å². The monoisotopic (exact) mass is 298 g/mol. The van der Waals surface area contributed by atoms with E-state index in [1.165, 1.54) is 0 Å². The highest BCUT2D eigenvalue weighted by molar-refractivity contribution is 7.00. The molecule has 5 nitrogen and oxygen atoms in total. The molecule has 2 N–H and O–H groups in total. The topological polar surface area (TPSA) is 66.9 Å². The molecular formula is C12H15ClN4OS. The number of carbonyl (C=O) groups is 1. The van der Waals surface area contributed by atoms with Gasteiger partial charge in [-0.3, -0.25) is 4.79 Å². The Labute approximate surface area is 120 Å². The first-order valence-corrected chi connectivity index (χ1v) is 7.16. The predicted octanol–water partition coefficient (Wildman–Crippen LogP) is 2.67. The second-order valence-corrected chi connectivity index (χ2v) is 5.23. The second-order valence-electron chi connectivity index (χ2n) is 4.29. The van der Waals surface area contributed by atoms with Gasteiger partial charge in [0.1, 0.15) is 11.0 Å². The average molecular weight is 299 g/mol. The number of benzene rings is 1. The van der Waals surface area contributed by atoms with Crippen molar-refractivity contribution in [1.29, 1.82) is 0 Å². The molecule has 0 saturated carbocycles. The van der Waals surface area contributed by atoms with E-state index >= 15 is 0 Å². The van der Waals surface area contributed by atoms with E-state index in [9.17, 15) is 4.79 Å². The largest absolute Gasteiger partial charge is 0.322 e. The highest BCUT2D eigenvalue weighted by atomic mass is 35.5. The van der Waals surface area contributed by atoms with Crippen molar-refractivity contribution in [2.75, 3.05) is 11.9 Å². The molecule has 1 heterocycles. The fourth-order valence-electron chi connectivity index (χ4n) is 1.54. The summed E-state index contributed by atoms with van der Waals surface area (Å²) in [4.78, 5) is 11.9. The van der Waals surface area contributed by atoms with E-state index in [2.05, 4.69) is 26.3 Å². The lowest BCUT2D eigenvalue weighted by Crippen LogP contribution is -2.34. The van der Waals surface area contributed by atoms with Crippen LogP contribution in [-0.2, 0) is 4.79 Å². The zero-order valence-electron chi connectivity index (χ0n) is 10.7. The van der Waals surface area contributed by atoms with Crippen molar-refractivity contribution in [2.24, 2.45) is 0 Å². The molecule has 2 rings (SSSR count). The zero-order valence-corrected chi connectivity index (χ0v) is 12.3. The standard InChI is InChI=1S/C12H15ClN4OS/c1-3-7(2)14-6-10(18)15-11-8(13)4-5-9-12(11)17-19-16-9/h4-5,7,14H,3,6H2,1-2H3,(H,15,18). The molecule has 1 aromatic heterocycles. The molecule has 2 aromatic rings. The minimum atomic E-state index is -0.136. The van der Waals surface area contributed by atoms with Gasteiger partial charge in [0.15, 0.2) is 0 Å². The maximum Gasteiger partial charge on any atom is 0.238 e. The van der Waals surface area contributed by atoms with Crippen molar-refractivity contribution in [1.82, 2.24) is 14.1 Å². The molecule has 102 valence electrons. The number of fused-ring (bicyclic) bond motifs is 1. The van der Waals surface area contributed by atoms with Gasteiger partial charge in [-0.2, -0.15) is 8.75 Å². The first-order chi connectivity index (χ1) is 9.11. The number of nitrogens with one attached hydrogen (secondary N) is 2. The van der Waals surface area contributed by atoms with Crippen LogP contribution in [0.4, 0.5) is 5.69 Å². The van der Waals surface area contributed by atoms with Gasteiger partial charge < -0.3 is 10.6 Å². The molecule has 0 bridgehead atoms. The van der Waals surface area contributed by atoms with Crippen LogP contribution in [0.1, 0.15) is 20.3 Å². The highest BCUT2D eigenvalue weighted by Gasteiger charge is 2.13. The Morgan fingerprint density at radius 1 is 1.47 bits per heavy atom. The Morgan fingerprint density at radius 2 is 2.26 bits per heavy atom. The molecule has 0 aliphatic carbocycles. The quantitative estimate of drug-likeness (QED) is 0.890. The van der Waals surface area contributed by atoms with Gasteiger partial charge in [0, 0.05) is 6.04 Å². The van der Waals surface area contributed by atoms with E-state index in [0.717, 1.165) is 23.7 Å². The zero-order chi connectivity index (χ0) is 13.8. The Morgan fingerprint density at radius 3 is 3.00 bits per heavy atom. The van der Waals surface area contributed by atoms with Crippen molar-refractivity contribution in [3.63, 3.8) is 0 Å². The molecule has 0 aliphatic heterocycles. The molecule has 0 saturated heterocycles. The lowest BCUT2D eigenvalue weighted by atomic mass is 10.2. The third-order valence-electron chi connectivity index (χ3n) is 2.86. The van der Waals surface area contributed by atoms with Gasteiger partial charge >= 0.3 is 0 Å². The minimum absolute atomic E-state index is 0.136. The molecule has 1 unspecified atom stereocenters. The number of halogens is 1. The first-order valence-electron chi connectivity index (χ1n) is 6.05. The van der Waals surface area contributed by atoms with Crippen molar-refractivity contribution >= 4 is 46.0 Å². The molecule has 0 aliphatic rings. The van der Waals surface area contributed by atoms with Crippen molar-refractivity contribution in [3.05, 3.63) is 17.2 Å². The second kappa shape index (κ2) is 6.27. The van der Waals surface area contributed by atoms with Crippen LogP contribution in [0.15, 0.2) is 12.1 Å². The van der Waals surface area contributed by atoms with E-state index in [-0.39, 0.29) is 12.5 Å². The molecular weight excluding hydrogens is 284 g/mol. The molecule has 7 heteroatoms. The van der Waals surface area contributed by atoms with E-state index in [0.29, 0.717) is 22.3 Å². The Balaban J connectivity index is 2.10. The van der Waals surface area contributed by atoms with Crippen molar-refractivity contribution in [2.45, 2.75) is 26.3 Å². The maximum atomic E-state index is 11.9. The van der Waals surface area contributed by atoms with Gasteiger partial charge in [0.25, 0.3) is 0 Å². The average Bonchev–Trinajstić information content (AvgIpc) is 2.87. The molecule has 0 spiro atoms. The SMILES string of the molecule is CCC(C)NCC(=O)Nc1c(Cl)ccc2nsnc12. The van der Waals surface area contributed by atoms with Gasteiger partial charge in [-0.15, -0.1) is 0 Å². The number of anilines is 1. The summed E-state index contributed by atoms with van der Waals surface area (Å²) in [7, 11) is 0. The number of hydrogen-bond acceptors (Lipinski definition) is 5. The number of amides is 1. The van der Waals surface area contributed by atoms with Crippen LogP contribution in [0.5, 0.6) is 0 Å². The van der Waals surface area contributed by atoms with Crippen LogP contribution in [0.25, 0.3) is 11.0 Å². The molecule has 0 radical (unpaired) electrons. The summed E-state index contributed by atoms with van der Waals surface area (Å²) in [6.07, 6.45) is 0.972. The smallest absolute Gasteiger partial charge is 0.238 e. The van der Waals surface area contributed by atoms with E-state index in [1.807, 2.05) is 6.92 Å². The lowest BCUT2D eigenvalue weighted by Gasteiger charge is -2.12. The molecule has 19 heavy (non-hydrogen) atoms. The lowest BCUT2D eigenvalue weighted by molar-refractivity contribution is -0.115. The van der Waals surface area contributed by atoms with Gasteiger partial charge in [-0.05, 0) is 25.5 Å². The Kier molecular flexibility index (Phi) is 4.68. The number of nitrogens with zero attached hydrogens (tertiary/aromatic N) is 2. The number of carbonyl (C=O) groups excluding carboxylic acids is 1. The third-order valence-corrected chi connectivity index (χ3v) is 3.72. The van der Waals surface area contributed by atoms with Crippen molar-refractivity contribution in [3.8, 4) is 0 Å². The minimum Gasteiger partial charge on any atom is -0.322 e. The summed E-state index contributed by atoms with van der Waals surface area (Å²) in [6.45, 7) is 4.35. The first kappa shape index (κ1) is 14.2. The fraction of sp³-hybridized carbons (Fsp3) is 0.417. The molecule has 0 fully saturated rings. The van der Waals surface area contributed by atoms with E-state index in [1.54, 1.807) is 12.1 Å². The third kappa shape index (κ3) is 3.40. The van der Waals surface area contributed by atoms with Crippen LogP contribution < -0.4 is 10.6 Å². The van der Waals surface area contributed by atoms with Gasteiger partial charge in [-0.1, -0.05) is 18.5 Å². The molecule has 1 aromatic carbocycles. The van der Waals surface area contributed by atoms with Crippen molar-refractivity contribution < 1.29 is 4.79 Å². The summed E-state index contributed by atoms with van der Waals surface area (Å²) in [6, 6.07) is 3.80. The summed E-state index contributed by atoms with van der Waals surface area (Å²) >= 11 is 7.20. The maximum absolute atomic E-state index is 11.9. The Hall–Kier alpha value is -1.24. The fourth-order valence-corrected chi connectivity index (χ4v) is 2.28. The molecule has 1 amide bonds. The predicted molar refractivity (Wildman–Crippen MR) is 78.8 cm³/mol. The van der Waals surface area contributed by atoms with E-state index in [4.69, 9.17) is 11.6 Å². The van der Waals surface area contributed by atoms with Crippen LogP contribution in [0, 0.1) is 0 Å². The summed E-state index contributed by atoms with van der Waals surface area (Å²) in [5.41, 5.74) is 1.90. The Bertz CT molecular complexity index is 586.